The molecule has 0 unspecified atom stereocenters. The minimum absolute atomic E-state index is 0.194. The van der Waals surface area contributed by atoms with Crippen LogP contribution in [0.4, 0.5) is 10.1 Å². The van der Waals surface area contributed by atoms with Gasteiger partial charge in [-0.05, 0) is 25.0 Å². The highest BCUT2D eigenvalue weighted by molar-refractivity contribution is 5.82. The van der Waals surface area contributed by atoms with Crippen molar-refractivity contribution in [2.45, 2.75) is 18.9 Å². The van der Waals surface area contributed by atoms with Gasteiger partial charge in [-0.3, -0.25) is 4.68 Å². The van der Waals surface area contributed by atoms with Crippen LogP contribution in [0.3, 0.4) is 0 Å². The van der Waals surface area contributed by atoms with Crippen molar-refractivity contribution >= 4 is 16.6 Å². The summed E-state index contributed by atoms with van der Waals surface area (Å²) >= 11 is 0. The monoisotopic (exact) mass is 191 g/mol. The van der Waals surface area contributed by atoms with Crippen LogP contribution in [0.1, 0.15) is 18.9 Å². The van der Waals surface area contributed by atoms with Gasteiger partial charge in [0, 0.05) is 5.39 Å². The zero-order valence-corrected chi connectivity index (χ0v) is 7.57. The summed E-state index contributed by atoms with van der Waals surface area (Å²) in [6.07, 6.45) is 4.01. The molecule has 72 valence electrons. The maximum absolute atomic E-state index is 13.1. The number of hydrogen-bond donors (Lipinski definition) is 1. The van der Waals surface area contributed by atoms with Crippen molar-refractivity contribution in [3.8, 4) is 0 Å². The molecule has 0 saturated heterocycles. The molecule has 1 fully saturated rings. The van der Waals surface area contributed by atoms with Crippen LogP contribution < -0.4 is 5.73 Å². The Morgan fingerprint density at radius 1 is 1.43 bits per heavy atom. The second kappa shape index (κ2) is 2.47. The Hall–Kier alpha value is -1.58. The quantitative estimate of drug-likeness (QED) is 0.701. The molecule has 14 heavy (non-hydrogen) atoms. The molecule has 0 radical (unpaired) electrons. The zero-order chi connectivity index (χ0) is 9.71. The minimum atomic E-state index is -0.368. The normalized spacial score (nSPS) is 16.4. The van der Waals surface area contributed by atoms with Gasteiger partial charge in [-0.1, -0.05) is 0 Å². The van der Waals surface area contributed by atoms with Gasteiger partial charge in [-0.25, -0.2) is 4.39 Å². The van der Waals surface area contributed by atoms with Crippen LogP contribution in [-0.4, -0.2) is 9.78 Å². The van der Waals surface area contributed by atoms with Crippen molar-refractivity contribution in [1.82, 2.24) is 9.78 Å². The molecule has 0 spiro atoms. The number of aromatic nitrogens is 2. The Kier molecular flexibility index (Phi) is 1.37. The molecular formula is C10H10FN3. The summed E-state index contributed by atoms with van der Waals surface area (Å²) in [6, 6.07) is 3.60. The van der Waals surface area contributed by atoms with Crippen LogP contribution in [0.5, 0.6) is 0 Å². The second-order valence-electron chi connectivity index (χ2n) is 3.75. The predicted octanol–water partition coefficient (Wildman–Crippen LogP) is 2.09. The predicted molar refractivity (Wildman–Crippen MR) is 52.4 cm³/mol. The highest BCUT2D eigenvalue weighted by Crippen LogP contribution is 2.37. The van der Waals surface area contributed by atoms with Gasteiger partial charge in [-0.15, -0.1) is 0 Å². The molecule has 3 rings (SSSR count). The number of nitrogens with zero attached hydrogens (tertiary/aromatic N) is 2. The fourth-order valence-electron chi connectivity index (χ4n) is 1.69. The number of anilines is 1. The van der Waals surface area contributed by atoms with Gasteiger partial charge < -0.3 is 5.73 Å². The van der Waals surface area contributed by atoms with Crippen LogP contribution in [0, 0.1) is 5.82 Å². The van der Waals surface area contributed by atoms with Gasteiger partial charge >= 0.3 is 0 Å². The molecule has 0 bridgehead atoms. The van der Waals surface area contributed by atoms with Crippen LogP contribution in [-0.2, 0) is 0 Å². The number of benzene rings is 1. The molecule has 1 saturated carbocycles. The summed E-state index contributed by atoms with van der Waals surface area (Å²) in [5.74, 6) is -0.368. The lowest BCUT2D eigenvalue weighted by molar-refractivity contribution is 0.633. The third-order valence-electron chi connectivity index (χ3n) is 2.61. The van der Waals surface area contributed by atoms with E-state index in [4.69, 9.17) is 5.73 Å². The Morgan fingerprint density at radius 3 is 2.93 bits per heavy atom. The Balaban J connectivity index is 2.29. The first kappa shape index (κ1) is 7.79. The molecule has 2 N–H and O–H groups in total. The summed E-state index contributed by atoms with van der Waals surface area (Å²) in [5, 5.41) is 5.06. The van der Waals surface area contributed by atoms with Crippen LogP contribution in [0.2, 0.25) is 0 Å². The van der Waals surface area contributed by atoms with Gasteiger partial charge in [0.2, 0.25) is 0 Å². The van der Waals surface area contributed by atoms with Gasteiger partial charge in [0.25, 0.3) is 0 Å². The maximum Gasteiger partial charge on any atom is 0.146 e. The van der Waals surface area contributed by atoms with Gasteiger partial charge in [0.05, 0.1) is 23.4 Å². The summed E-state index contributed by atoms with van der Waals surface area (Å²) in [6.45, 7) is 0. The molecule has 0 atom stereocenters. The van der Waals surface area contributed by atoms with E-state index in [-0.39, 0.29) is 11.5 Å². The molecule has 1 aliphatic rings. The molecule has 0 aliphatic heterocycles. The van der Waals surface area contributed by atoms with Gasteiger partial charge in [0.1, 0.15) is 5.82 Å². The number of nitrogens with two attached hydrogens (primary N) is 1. The minimum Gasteiger partial charge on any atom is -0.396 e. The van der Waals surface area contributed by atoms with E-state index < -0.39 is 0 Å². The SMILES string of the molecule is Nc1cc2c(cnn2C2CC2)cc1F. The van der Waals surface area contributed by atoms with Crippen molar-refractivity contribution in [3.63, 3.8) is 0 Å². The first-order valence-corrected chi connectivity index (χ1v) is 4.68. The summed E-state index contributed by atoms with van der Waals surface area (Å²) < 4.78 is 15.0. The second-order valence-corrected chi connectivity index (χ2v) is 3.75. The Morgan fingerprint density at radius 2 is 2.21 bits per heavy atom. The molecule has 0 amide bonds. The highest BCUT2D eigenvalue weighted by atomic mass is 19.1. The zero-order valence-electron chi connectivity index (χ0n) is 7.57. The van der Waals surface area contributed by atoms with Crippen LogP contribution >= 0.6 is 0 Å². The van der Waals surface area contributed by atoms with E-state index in [0.29, 0.717) is 6.04 Å². The number of fused-ring (bicyclic) bond motifs is 1. The average molecular weight is 191 g/mol. The molecule has 4 heteroatoms. The maximum atomic E-state index is 13.1. The Bertz CT molecular complexity index is 499. The standard InChI is InChI=1S/C10H10FN3/c11-8-3-6-5-13-14(7-1-2-7)10(6)4-9(8)12/h3-5,7H,1-2,12H2. The number of rotatable bonds is 1. The van der Waals surface area contributed by atoms with E-state index >= 15 is 0 Å². The topological polar surface area (TPSA) is 43.8 Å². The van der Waals surface area contributed by atoms with E-state index in [0.717, 1.165) is 23.7 Å². The highest BCUT2D eigenvalue weighted by Gasteiger charge is 2.25. The summed E-state index contributed by atoms with van der Waals surface area (Å²) in [5.41, 5.74) is 6.65. The third-order valence-corrected chi connectivity index (χ3v) is 2.61. The molecular weight excluding hydrogens is 181 g/mol. The number of hydrogen-bond acceptors (Lipinski definition) is 2. The first-order chi connectivity index (χ1) is 6.75. The van der Waals surface area contributed by atoms with Crippen molar-refractivity contribution < 1.29 is 4.39 Å². The molecule has 3 nitrogen and oxygen atoms in total. The van der Waals surface area contributed by atoms with E-state index in [2.05, 4.69) is 5.10 Å². The fraction of sp³-hybridized carbons (Fsp3) is 0.300. The Labute approximate surface area is 80.3 Å². The fourth-order valence-corrected chi connectivity index (χ4v) is 1.69. The molecule has 1 aromatic heterocycles. The van der Waals surface area contributed by atoms with Crippen molar-refractivity contribution in [1.29, 1.82) is 0 Å². The largest absolute Gasteiger partial charge is 0.396 e. The molecule has 1 aromatic carbocycles. The number of nitrogen functional groups attached to an aromatic ring is 1. The van der Waals surface area contributed by atoms with E-state index in [1.54, 1.807) is 12.3 Å². The lowest BCUT2D eigenvalue weighted by Gasteiger charge is -2.01. The van der Waals surface area contributed by atoms with Crippen molar-refractivity contribution in [3.05, 3.63) is 24.1 Å². The average Bonchev–Trinajstić information content (AvgIpc) is 2.91. The smallest absolute Gasteiger partial charge is 0.146 e. The molecule has 1 aliphatic carbocycles. The molecule has 1 heterocycles. The van der Waals surface area contributed by atoms with Gasteiger partial charge in [0.15, 0.2) is 0 Å². The summed E-state index contributed by atoms with van der Waals surface area (Å²) in [4.78, 5) is 0. The van der Waals surface area contributed by atoms with Crippen molar-refractivity contribution in [2.75, 3.05) is 5.73 Å². The first-order valence-electron chi connectivity index (χ1n) is 4.68. The third kappa shape index (κ3) is 0.999. The van der Waals surface area contributed by atoms with E-state index in [9.17, 15) is 4.39 Å². The van der Waals surface area contributed by atoms with Crippen LogP contribution in [0.15, 0.2) is 18.3 Å². The molecule has 2 aromatic rings. The van der Waals surface area contributed by atoms with Gasteiger partial charge in [-0.2, -0.15) is 5.10 Å². The summed E-state index contributed by atoms with van der Waals surface area (Å²) in [7, 11) is 0. The lowest BCUT2D eigenvalue weighted by atomic mass is 10.2. The number of halogens is 1. The van der Waals surface area contributed by atoms with Crippen LogP contribution in [0.25, 0.3) is 10.9 Å². The lowest BCUT2D eigenvalue weighted by Crippen LogP contribution is -1.97. The van der Waals surface area contributed by atoms with E-state index in [1.165, 1.54) is 6.07 Å². The van der Waals surface area contributed by atoms with E-state index in [1.807, 2.05) is 4.68 Å². The van der Waals surface area contributed by atoms with Crippen molar-refractivity contribution in [2.24, 2.45) is 0 Å².